The fourth-order valence-electron chi connectivity index (χ4n) is 0.701. The monoisotopic (exact) mass is 172 g/mol. The zero-order valence-electron chi connectivity index (χ0n) is 7.76. The van der Waals surface area contributed by atoms with Crippen LogP contribution in [0.4, 0.5) is 4.39 Å². The normalized spacial score (nSPS) is 14.8. The Morgan fingerprint density at radius 1 is 1.42 bits per heavy atom. The van der Waals surface area contributed by atoms with Gasteiger partial charge in [-0.25, -0.2) is 4.39 Å². The van der Waals surface area contributed by atoms with Gasteiger partial charge in [0, 0.05) is 5.41 Å². The molecule has 0 fully saturated rings. The highest BCUT2D eigenvalue weighted by atomic mass is 19.1. The fraction of sp³-hybridized carbons (Fsp3) is 0.750. The molecule has 0 amide bonds. The van der Waals surface area contributed by atoms with Crippen molar-refractivity contribution in [3.8, 4) is 0 Å². The van der Waals surface area contributed by atoms with Crippen LogP contribution in [0.5, 0.6) is 0 Å². The summed E-state index contributed by atoms with van der Waals surface area (Å²) in [6, 6.07) is 0. The molecule has 0 aliphatic rings. The highest BCUT2D eigenvalue weighted by Gasteiger charge is 2.23. The standard InChI is InChI=1S/C8H13FN2O/c1-5(9)6-10-7(12-11-6)8(2,3)4/h5H,1-4H3. The zero-order chi connectivity index (χ0) is 9.35. The minimum atomic E-state index is -1.16. The molecule has 0 aliphatic heterocycles. The number of hydrogen-bond acceptors (Lipinski definition) is 3. The maximum absolute atomic E-state index is 12.7. The molecular formula is C8H13FN2O. The molecular weight excluding hydrogens is 159 g/mol. The Hall–Kier alpha value is -0.930. The van der Waals surface area contributed by atoms with E-state index < -0.39 is 6.17 Å². The molecule has 1 unspecified atom stereocenters. The highest BCUT2D eigenvalue weighted by Crippen LogP contribution is 2.22. The van der Waals surface area contributed by atoms with E-state index in [1.807, 2.05) is 20.8 Å². The zero-order valence-corrected chi connectivity index (χ0v) is 7.76. The summed E-state index contributed by atoms with van der Waals surface area (Å²) in [5.74, 6) is 0.599. The average molecular weight is 172 g/mol. The SMILES string of the molecule is CC(F)c1noc(C(C)(C)C)n1. The second kappa shape index (κ2) is 2.84. The predicted molar refractivity (Wildman–Crippen MR) is 42.5 cm³/mol. The van der Waals surface area contributed by atoms with Crippen LogP contribution in [0.2, 0.25) is 0 Å². The largest absolute Gasteiger partial charge is 0.339 e. The van der Waals surface area contributed by atoms with Gasteiger partial charge in [-0.2, -0.15) is 4.98 Å². The molecule has 1 rings (SSSR count). The fourth-order valence-corrected chi connectivity index (χ4v) is 0.701. The van der Waals surface area contributed by atoms with Gasteiger partial charge < -0.3 is 4.52 Å². The van der Waals surface area contributed by atoms with Crippen molar-refractivity contribution in [2.24, 2.45) is 0 Å². The van der Waals surface area contributed by atoms with Gasteiger partial charge >= 0.3 is 0 Å². The van der Waals surface area contributed by atoms with Gasteiger partial charge in [-0.3, -0.25) is 0 Å². The van der Waals surface area contributed by atoms with Crippen LogP contribution in [0.3, 0.4) is 0 Å². The van der Waals surface area contributed by atoms with Gasteiger partial charge in [0.25, 0.3) is 0 Å². The quantitative estimate of drug-likeness (QED) is 0.652. The minimum absolute atomic E-state index is 0.125. The van der Waals surface area contributed by atoms with Crippen LogP contribution >= 0.6 is 0 Å². The second-order valence-corrected chi connectivity index (χ2v) is 3.82. The molecule has 1 heterocycles. The summed E-state index contributed by atoms with van der Waals surface area (Å²) < 4.78 is 17.5. The van der Waals surface area contributed by atoms with Crippen LogP contribution in [0, 0.1) is 0 Å². The first-order valence-corrected chi connectivity index (χ1v) is 3.89. The minimum Gasteiger partial charge on any atom is -0.339 e. The molecule has 3 nitrogen and oxygen atoms in total. The van der Waals surface area contributed by atoms with Crippen molar-refractivity contribution in [1.29, 1.82) is 0 Å². The molecule has 0 spiro atoms. The Morgan fingerprint density at radius 2 is 2.00 bits per heavy atom. The molecule has 4 heteroatoms. The number of hydrogen-bond donors (Lipinski definition) is 0. The maximum atomic E-state index is 12.7. The van der Waals surface area contributed by atoms with E-state index in [9.17, 15) is 4.39 Å². The molecule has 0 saturated heterocycles. The van der Waals surface area contributed by atoms with E-state index in [4.69, 9.17) is 4.52 Å². The Balaban J connectivity index is 2.92. The summed E-state index contributed by atoms with van der Waals surface area (Å²) in [5, 5.41) is 3.52. The van der Waals surface area contributed by atoms with Crippen molar-refractivity contribution in [2.75, 3.05) is 0 Å². The van der Waals surface area contributed by atoms with Crippen molar-refractivity contribution in [2.45, 2.75) is 39.3 Å². The van der Waals surface area contributed by atoms with Crippen LogP contribution in [-0.4, -0.2) is 10.1 Å². The molecule has 0 radical (unpaired) electrons. The van der Waals surface area contributed by atoms with Gasteiger partial charge in [0.15, 0.2) is 6.17 Å². The molecule has 0 N–H and O–H groups in total. The second-order valence-electron chi connectivity index (χ2n) is 3.82. The lowest BCUT2D eigenvalue weighted by atomic mass is 9.97. The van der Waals surface area contributed by atoms with E-state index in [0.717, 1.165) is 0 Å². The van der Waals surface area contributed by atoms with Crippen LogP contribution in [0.1, 0.15) is 45.6 Å². The number of halogens is 1. The topological polar surface area (TPSA) is 38.9 Å². The van der Waals surface area contributed by atoms with Crippen molar-refractivity contribution in [1.82, 2.24) is 10.1 Å². The molecule has 0 saturated carbocycles. The first-order chi connectivity index (χ1) is 5.41. The third-order valence-corrected chi connectivity index (χ3v) is 1.44. The van der Waals surface area contributed by atoms with Crippen molar-refractivity contribution >= 4 is 0 Å². The Kier molecular flexibility index (Phi) is 2.17. The molecule has 1 atom stereocenters. The van der Waals surface area contributed by atoms with E-state index in [1.165, 1.54) is 6.92 Å². The van der Waals surface area contributed by atoms with E-state index >= 15 is 0 Å². The lowest BCUT2D eigenvalue weighted by Crippen LogP contribution is -2.11. The molecule has 0 bridgehead atoms. The van der Waals surface area contributed by atoms with Gasteiger partial charge in [0.1, 0.15) is 0 Å². The molecule has 0 aromatic carbocycles. The number of rotatable bonds is 1. The van der Waals surface area contributed by atoms with Crippen molar-refractivity contribution in [3.05, 3.63) is 11.7 Å². The smallest absolute Gasteiger partial charge is 0.232 e. The van der Waals surface area contributed by atoms with Crippen molar-refractivity contribution in [3.63, 3.8) is 0 Å². The first kappa shape index (κ1) is 9.16. The van der Waals surface area contributed by atoms with Gasteiger partial charge in [0.05, 0.1) is 0 Å². The molecule has 1 aromatic heterocycles. The number of alkyl halides is 1. The lowest BCUT2D eigenvalue weighted by molar-refractivity contribution is 0.303. The van der Waals surface area contributed by atoms with Gasteiger partial charge in [-0.15, -0.1) is 0 Å². The van der Waals surface area contributed by atoms with E-state index in [0.29, 0.717) is 5.89 Å². The Morgan fingerprint density at radius 3 is 2.25 bits per heavy atom. The summed E-state index contributed by atoms with van der Waals surface area (Å²) in [5.41, 5.74) is -0.208. The van der Waals surface area contributed by atoms with Crippen LogP contribution in [0.25, 0.3) is 0 Å². The first-order valence-electron chi connectivity index (χ1n) is 3.89. The van der Waals surface area contributed by atoms with Gasteiger partial charge in [-0.1, -0.05) is 25.9 Å². The molecule has 12 heavy (non-hydrogen) atoms. The van der Waals surface area contributed by atoms with Crippen molar-refractivity contribution < 1.29 is 8.91 Å². The Labute approximate surface area is 71.0 Å². The summed E-state index contributed by atoms with van der Waals surface area (Å²) in [6.07, 6.45) is -1.16. The van der Waals surface area contributed by atoms with E-state index in [1.54, 1.807) is 0 Å². The predicted octanol–water partition coefficient (Wildman–Crippen LogP) is 2.40. The van der Waals surface area contributed by atoms with Crippen LogP contribution in [-0.2, 0) is 5.41 Å². The van der Waals surface area contributed by atoms with Gasteiger partial charge in [-0.05, 0) is 6.92 Å². The maximum Gasteiger partial charge on any atom is 0.232 e. The Bertz CT molecular complexity index is 262. The third kappa shape index (κ3) is 1.81. The third-order valence-electron chi connectivity index (χ3n) is 1.44. The molecule has 1 aromatic rings. The average Bonchev–Trinajstić information content (AvgIpc) is 2.30. The van der Waals surface area contributed by atoms with E-state index in [2.05, 4.69) is 10.1 Å². The lowest BCUT2D eigenvalue weighted by Gasteiger charge is -2.10. The number of nitrogens with zero attached hydrogens (tertiary/aromatic N) is 2. The highest BCUT2D eigenvalue weighted by molar-refractivity contribution is 4.99. The molecule has 0 aliphatic carbocycles. The van der Waals surface area contributed by atoms with E-state index in [-0.39, 0.29) is 11.2 Å². The van der Waals surface area contributed by atoms with Crippen LogP contribution < -0.4 is 0 Å². The van der Waals surface area contributed by atoms with Gasteiger partial charge in [0.2, 0.25) is 11.7 Å². The molecule has 68 valence electrons. The summed E-state index contributed by atoms with van der Waals surface area (Å²) >= 11 is 0. The summed E-state index contributed by atoms with van der Waals surface area (Å²) in [4.78, 5) is 3.93. The summed E-state index contributed by atoms with van der Waals surface area (Å²) in [7, 11) is 0. The van der Waals surface area contributed by atoms with Crippen LogP contribution in [0.15, 0.2) is 4.52 Å². The number of aromatic nitrogens is 2. The summed E-state index contributed by atoms with van der Waals surface area (Å²) in [6.45, 7) is 7.20.